The Balaban J connectivity index is 2.53. The van der Waals surface area contributed by atoms with Crippen LogP contribution in [0.15, 0.2) is 24.3 Å². The highest BCUT2D eigenvalue weighted by atomic mass is 19.3. The van der Waals surface area contributed by atoms with Crippen LogP contribution in [0, 0.1) is 5.92 Å². The number of hydrogen-bond acceptors (Lipinski definition) is 4. The number of benzene rings is 1. The van der Waals surface area contributed by atoms with Crippen LogP contribution in [-0.2, 0) is 9.53 Å². The van der Waals surface area contributed by atoms with Crippen molar-refractivity contribution < 1.29 is 27.8 Å². The molecule has 0 saturated carbocycles. The lowest BCUT2D eigenvalue weighted by Crippen LogP contribution is -2.38. The van der Waals surface area contributed by atoms with Crippen molar-refractivity contribution in [1.82, 2.24) is 5.32 Å². The van der Waals surface area contributed by atoms with Gasteiger partial charge in [0.15, 0.2) is 6.61 Å². The van der Waals surface area contributed by atoms with Crippen molar-refractivity contribution in [1.29, 1.82) is 0 Å². The Morgan fingerprint density at radius 2 is 1.91 bits per heavy atom. The van der Waals surface area contributed by atoms with E-state index >= 15 is 0 Å². The van der Waals surface area contributed by atoms with Crippen LogP contribution in [0.4, 0.5) is 8.78 Å². The van der Waals surface area contributed by atoms with E-state index in [1.54, 1.807) is 0 Å². The van der Waals surface area contributed by atoms with Gasteiger partial charge >= 0.3 is 12.6 Å². The molecule has 1 atom stereocenters. The number of nitrogens with one attached hydrogen (secondary N) is 1. The van der Waals surface area contributed by atoms with Crippen LogP contribution < -0.4 is 10.1 Å². The third kappa shape index (κ3) is 6.07. The molecule has 0 radical (unpaired) electrons. The van der Waals surface area contributed by atoms with Gasteiger partial charge in [-0.1, -0.05) is 19.9 Å². The zero-order valence-corrected chi connectivity index (χ0v) is 12.6. The maximum Gasteiger partial charge on any atom is 0.387 e. The van der Waals surface area contributed by atoms with Crippen LogP contribution in [0.5, 0.6) is 5.75 Å². The molecule has 1 N–H and O–H groups in total. The maximum atomic E-state index is 12.1. The largest absolute Gasteiger partial charge is 0.452 e. The van der Waals surface area contributed by atoms with Crippen LogP contribution >= 0.6 is 0 Å². The summed E-state index contributed by atoms with van der Waals surface area (Å²) in [6, 6.07) is 5.14. The summed E-state index contributed by atoms with van der Waals surface area (Å²) in [5.41, 5.74) is 0.0304. The molecule has 0 aliphatic rings. The van der Waals surface area contributed by atoms with E-state index < -0.39 is 25.1 Å². The minimum Gasteiger partial charge on any atom is -0.452 e. The van der Waals surface area contributed by atoms with E-state index in [2.05, 4.69) is 10.1 Å². The number of alkyl halides is 2. The average Bonchev–Trinajstić information content (AvgIpc) is 2.44. The molecule has 1 rings (SSSR count). The Morgan fingerprint density at radius 3 is 2.50 bits per heavy atom. The van der Waals surface area contributed by atoms with Crippen LogP contribution in [0.1, 0.15) is 31.1 Å². The van der Waals surface area contributed by atoms with E-state index in [0.29, 0.717) is 0 Å². The number of carbonyl (C=O) groups is 2. The number of carbonyl (C=O) groups excluding carboxylic acids is 2. The highest BCUT2D eigenvalue weighted by Gasteiger charge is 2.14. The monoisotopic (exact) mass is 315 g/mol. The molecular weight excluding hydrogens is 296 g/mol. The van der Waals surface area contributed by atoms with E-state index in [0.717, 1.165) is 6.07 Å². The third-order valence-corrected chi connectivity index (χ3v) is 3.02. The molecule has 0 saturated heterocycles. The number of rotatable bonds is 7. The average molecular weight is 315 g/mol. The Kier molecular flexibility index (Phi) is 6.75. The van der Waals surface area contributed by atoms with Gasteiger partial charge in [-0.15, -0.1) is 0 Å². The SMILES string of the molecule is CC(C)C(C)NC(=O)COC(=O)c1cccc(OC(F)F)c1. The third-order valence-electron chi connectivity index (χ3n) is 3.02. The second-order valence-electron chi connectivity index (χ2n) is 5.08. The molecule has 0 bridgehead atoms. The minimum absolute atomic E-state index is 0.0304. The van der Waals surface area contributed by atoms with Crippen molar-refractivity contribution in [3.05, 3.63) is 29.8 Å². The lowest BCUT2D eigenvalue weighted by Gasteiger charge is -2.17. The van der Waals surface area contributed by atoms with Crippen LogP contribution in [0.2, 0.25) is 0 Å². The van der Waals surface area contributed by atoms with Gasteiger partial charge in [0.2, 0.25) is 0 Å². The highest BCUT2D eigenvalue weighted by molar-refractivity contribution is 5.91. The van der Waals surface area contributed by atoms with Gasteiger partial charge in [-0.05, 0) is 31.0 Å². The predicted molar refractivity (Wildman–Crippen MR) is 75.8 cm³/mol. The predicted octanol–water partition coefficient (Wildman–Crippen LogP) is 2.61. The van der Waals surface area contributed by atoms with Crippen molar-refractivity contribution in [2.24, 2.45) is 5.92 Å². The van der Waals surface area contributed by atoms with E-state index in [1.807, 2.05) is 20.8 Å². The first-order valence-corrected chi connectivity index (χ1v) is 6.81. The molecule has 7 heteroatoms. The quantitative estimate of drug-likeness (QED) is 0.786. The fourth-order valence-electron chi connectivity index (χ4n) is 1.48. The van der Waals surface area contributed by atoms with E-state index in [9.17, 15) is 18.4 Å². The first-order valence-electron chi connectivity index (χ1n) is 6.81. The summed E-state index contributed by atoms with van der Waals surface area (Å²) >= 11 is 0. The van der Waals surface area contributed by atoms with E-state index in [4.69, 9.17) is 4.74 Å². The molecule has 1 amide bonds. The Labute approximate surface area is 127 Å². The van der Waals surface area contributed by atoms with Crippen molar-refractivity contribution in [3.63, 3.8) is 0 Å². The van der Waals surface area contributed by atoms with Crippen molar-refractivity contribution in [2.75, 3.05) is 6.61 Å². The lowest BCUT2D eigenvalue weighted by atomic mass is 10.1. The van der Waals surface area contributed by atoms with E-state index in [-0.39, 0.29) is 23.3 Å². The standard InChI is InChI=1S/C15H19F2NO4/c1-9(2)10(3)18-13(19)8-21-14(20)11-5-4-6-12(7-11)22-15(16)17/h4-7,9-10,15H,8H2,1-3H3,(H,18,19). The second kappa shape index (κ2) is 8.31. The molecule has 0 aliphatic carbocycles. The van der Waals surface area contributed by atoms with Gasteiger partial charge in [0.1, 0.15) is 5.75 Å². The maximum absolute atomic E-state index is 12.1. The van der Waals surface area contributed by atoms with Gasteiger partial charge in [-0.3, -0.25) is 4.79 Å². The molecule has 0 fully saturated rings. The van der Waals surface area contributed by atoms with Gasteiger partial charge in [0.25, 0.3) is 5.91 Å². The topological polar surface area (TPSA) is 64.6 Å². The first kappa shape index (κ1) is 17.9. The van der Waals surface area contributed by atoms with Crippen molar-refractivity contribution in [2.45, 2.75) is 33.4 Å². The zero-order chi connectivity index (χ0) is 16.7. The molecule has 5 nitrogen and oxygen atoms in total. The summed E-state index contributed by atoms with van der Waals surface area (Å²) in [6.45, 7) is 2.33. The molecule has 0 aliphatic heterocycles. The normalized spacial score (nSPS) is 12.1. The Morgan fingerprint density at radius 1 is 1.23 bits per heavy atom. The van der Waals surface area contributed by atoms with Gasteiger partial charge < -0.3 is 14.8 Å². The molecule has 122 valence electrons. The fourth-order valence-corrected chi connectivity index (χ4v) is 1.48. The summed E-state index contributed by atoms with van der Waals surface area (Å²) in [4.78, 5) is 23.4. The molecule has 0 aromatic heterocycles. The summed E-state index contributed by atoms with van der Waals surface area (Å²) < 4.78 is 33.2. The number of esters is 1. The molecular formula is C15H19F2NO4. The first-order chi connectivity index (χ1) is 10.3. The fraction of sp³-hybridized carbons (Fsp3) is 0.467. The molecule has 0 heterocycles. The molecule has 1 aromatic rings. The number of hydrogen-bond donors (Lipinski definition) is 1. The second-order valence-corrected chi connectivity index (χ2v) is 5.08. The summed E-state index contributed by atoms with van der Waals surface area (Å²) in [7, 11) is 0. The van der Waals surface area contributed by atoms with Gasteiger partial charge in [-0.25, -0.2) is 4.79 Å². The Hall–Kier alpha value is -2.18. The summed E-state index contributed by atoms with van der Waals surface area (Å²) in [5.74, 6) is -1.10. The molecule has 0 spiro atoms. The number of ether oxygens (including phenoxy) is 2. The smallest absolute Gasteiger partial charge is 0.387 e. The van der Waals surface area contributed by atoms with Gasteiger partial charge in [0, 0.05) is 6.04 Å². The number of halogens is 2. The van der Waals surface area contributed by atoms with Crippen LogP contribution in [-0.4, -0.2) is 31.1 Å². The van der Waals surface area contributed by atoms with Crippen molar-refractivity contribution >= 4 is 11.9 Å². The van der Waals surface area contributed by atoms with Crippen molar-refractivity contribution in [3.8, 4) is 5.75 Å². The summed E-state index contributed by atoms with van der Waals surface area (Å²) in [6.07, 6.45) is 0. The summed E-state index contributed by atoms with van der Waals surface area (Å²) in [5, 5.41) is 2.68. The molecule has 22 heavy (non-hydrogen) atoms. The Bertz CT molecular complexity index is 520. The minimum atomic E-state index is -2.98. The molecule has 1 aromatic carbocycles. The van der Waals surface area contributed by atoms with Gasteiger partial charge in [-0.2, -0.15) is 8.78 Å². The van der Waals surface area contributed by atoms with Gasteiger partial charge in [0.05, 0.1) is 5.56 Å². The number of amides is 1. The van der Waals surface area contributed by atoms with Crippen LogP contribution in [0.25, 0.3) is 0 Å². The van der Waals surface area contributed by atoms with E-state index in [1.165, 1.54) is 18.2 Å². The lowest BCUT2D eigenvalue weighted by molar-refractivity contribution is -0.125. The highest BCUT2D eigenvalue weighted by Crippen LogP contribution is 2.16. The zero-order valence-electron chi connectivity index (χ0n) is 12.6. The molecule has 1 unspecified atom stereocenters. The van der Waals surface area contributed by atoms with Crippen LogP contribution in [0.3, 0.4) is 0 Å².